The van der Waals surface area contributed by atoms with Gasteiger partial charge in [-0.1, -0.05) is 17.7 Å². The van der Waals surface area contributed by atoms with Gasteiger partial charge in [0.1, 0.15) is 19.0 Å². The topological polar surface area (TPSA) is 68.3 Å². The second-order valence-electron chi connectivity index (χ2n) is 5.38. The van der Waals surface area contributed by atoms with Crippen LogP contribution in [-0.2, 0) is 0 Å². The molecular formula is C18H15ClN4O2. The van der Waals surface area contributed by atoms with Gasteiger partial charge in [0.15, 0.2) is 11.5 Å². The van der Waals surface area contributed by atoms with Crippen molar-refractivity contribution in [2.45, 2.75) is 0 Å². The van der Waals surface area contributed by atoms with Crippen molar-refractivity contribution in [2.24, 2.45) is 0 Å². The van der Waals surface area contributed by atoms with Crippen molar-refractivity contribution >= 4 is 34.7 Å². The molecule has 0 radical (unpaired) electrons. The van der Waals surface area contributed by atoms with Gasteiger partial charge in [0.25, 0.3) is 0 Å². The van der Waals surface area contributed by atoms with Crippen molar-refractivity contribution in [3.05, 3.63) is 59.8 Å². The number of nitrogens with one attached hydrogen (secondary N) is 2. The predicted molar refractivity (Wildman–Crippen MR) is 97.5 cm³/mol. The lowest BCUT2D eigenvalue weighted by molar-refractivity contribution is 0.171. The molecule has 1 aliphatic heterocycles. The minimum atomic E-state index is 0.476. The highest BCUT2D eigenvalue weighted by Gasteiger charge is 2.12. The van der Waals surface area contributed by atoms with Gasteiger partial charge in [-0.25, -0.2) is 4.98 Å². The highest BCUT2D eigenvalue weighted by atomic mass is 35.5. The predicted octanol–water partition coefficient (Wildman–Crippen LogP) is 4.39. The van der Waals surface area contributed by atoms with E-state index in [2.05, 4.69) is 20.6 Å². The molecule has 0 bridgehead atoms. The van der Waals surface area contributed by atoms with E-state index in [9.17, 15) is 0 Å². The van der Waals surface area contributed by atoms with Gasteiger partial charge in [0.05, 0.1) is 0 Å². The number of halogens is 1. The standard InChI is InChI=1S/C18H15ClN4O2/c19-12-2-1-3-13(10-12)21-17-6-7-20-18(23-17)22-14-4-5-15-16(11-14)25-9-8-24-15/h1-7,10-11H,8-9H2,(H2,20,21,22,23). The van der Waals surface area contributed by atoms with Crippen molar-refractivity contribution in [1.82, 2.24) is 9.97 Å². The number of hydrogen-bond donors (Lipinski definition) is 2. The van der Waals surface area contributed by atoms with Gasteiger partial charge in [-0.15, -0.1) is 0 Å². The molecule has 7 heteroatoms. The first-order valence-corrected chi connectivity index (χ1v) is 8.16. The third kappa shape index (κ3) is 3.75. The average molecular weight is 355 g/mol. The van der Waals surface area contributed by atoms with Gasteiger partial charge < -0.3 is 20.1 Å². The fourth-order valence-corrected chi connectivity index (χ4v) is 2.64. The maximum Gasteiger partial charge on any atom is 0.229 e. The Morgan fingerprint density at radius 2 is 1.72 bits per heavy atom. The van der Waals surface area contributed by atoms with E-state index in [4.69, 9.17) is 21.1 Å². The van der Waals surface area contributed by atoms with Crippen LogP contribution in [0.2, 0.25) is 5.02 Å². The summed E-state index contributed by atoms with van der Waals surface area (Å²) in [7, 11) is 0. The maximum absolute atomic E-state index is 6.00. The van der Waals surface area contributed by atoms with E-state index in [1.54, 1.807) is 12.3 Å². The van der Waals surface area contributed by atoms with E-state index in [1.165, 1.54) is 0 Å². The number of anilines is 4. The van der Waals surface area contributed by atoms with Crippen LogP contribution in [0.4, 0.5) is 23.1 Å². The molecule has 3 aromatic rings. The summed E-state index contributed by atoms with van der Waals surface area (Å²) in [6, 6.07) is 14.9. The summed E-state index contributed by atoms with van der Waals surface area (Å²) in [4.78, 5) is 8.70. The summed E-state index contributed by atoms with van der Waals surface area (Å²) < 4.78 is 11.1. The van der Waals surface area contributed by atoms with Crippen molar-refractivity contribution in [3.63, 3.8) is 0 Å². The van der Waals surface area contributed by atoms with Gasteiger partial charge in [0, 0.05) is 28.7 Å². The van der Waals surface area contributed by atoms with Gasteiger partial charge in [-0.3, -0.25) is 0 Å². The molecule has 6 nitrogen and oxygen atoms in total. The van der Waals surface area contributed by atoms with Gasteiger partial charge in [-0.2, -0.15) is 4.98 Å². The average Bonchev–Trinajstić information content (AvgIpc) is 2.62. The Morgan fingerprint density at radius 1 is 0.880 bits per heavy atom. The van der Waals surface area contributed by atoms with E-state index in [0.29, 0.717) is 35.8 Å². The minimum absolute atomic E-state index is 0.476. The lowest BCUT2D eigenvalue weighted by Crippen LogP contribution is -2.15. The van der Waals surface area contributed by atoms with Crippen LogP contribution < -0.4 is 20.1 Å². The zero-order valence-corrected chi connectivity index (χ0v) is 14.0. The van der Waals surface area contributed by atoms with Crippen LogP contribution in [0, 0.1) is 0 Å². The first-order chi connectivity index (χ1) is 12.3. The summed E-state index contributed by atoms with van der Waals surface area (Å²) in [5.74, 6) is 2.60. The van der Waals surface area contributed by atoms with Crippen LogP contribution in [-0.4, -0.2) is 23.2 Å². The van der Waals surface area contributed by atoms with E-state index in [-0.39, 0.29) is 0 Å². The highest BCUT2D eigenvalue weighted by Crippen LogP contribution is 2.33. The zero-order chi connectivity index (χ0) is 17.1. The Bertz CT molecular complexity index is 904. The molecule has 0 atom stereocenters. The van der Waals surface area contributed by atoms with Crippen LogP contribution in [0.5, 0.6) is 11.5 Å². The first-order valence-electron chi connectivity index (χ1n) is 7.79. The van der Waals surface area contributed by atoms with Crippen LogP contribution in [0.1, 0.15) is 0 Å². The molecule has 0 fully saturated rings. The normalized spacial score (nSPS) is 12.5. The van der Waals surface area contributed by atoms with E-state index >= 15 is 0 Å². The summed E-state index contributed by atoms with van der Waals surface area (Å²) in [6.07, 6.45) is 1.68. The fraction of sp³-hybridized carbons (Fsp3) is 0.111. The number of benzene rings is 2. The molecule has 126 valence electrons. The number of ether oxygens (including phenoxy) is 2. The van der Waals surface area contributed by atoms with Crippen LogP contribution in [0.25, 0.3) is 0 Å². The molecular weight excluding hydrogens is 340 g/mol. The second-order valence-corrected chi connectivity index (χ2v) is 5.82. The number of hydrogen-bond acceptors (Lipinski definition) is 6. The van der Waals surface area contributed by atoms with E-state index < -0.39 is 0 Å². The Morgan fingerprint density at radius 3 is 2.60 bits per heavy atom. The van der Waals surface area contributed by atoms with Gasteiger partial charge in [0.2, 0.25) is 5.95 Å². The number of aromatic nitrogens is 2. The largest absolute Gasteiger partial charge is 0.486 e. The Kier molecular flexibility index (Phi) is 4.26. The van der Waals surface area contributed by atoms with Crippen LogP contribution in [0.3, 0.4) is 0 Å². The van der Waals surface area contributed by atoms with Crippen LogP contribution >= 0.6 is 11.6 Å². The molecule has 2 N–H and O–H groups in total. The first kappa shape index (κ1) is 15.5. The van der Waals surface area contributed by atoms with Gasteiger partial charge >= 0.3 is 0 Å². The molecule has 25 heavy (non-hydrogen) atoms. The SMILES string of the molecule is Clc1cccc(Nc2ccnc(Nc3ccc4c(c3)OCCO4)n2)c1. The summed E-state index contributed by atoms with van der Waals surface area (Å²) in [6.45, 7) is 1.12. The van der Waals surface area contributed by atoms with Gasteiger partial charge in [-0.05, 0) is 36.4 Å². The monoisotopic (exact) mass is 354 g/mol. The molecule has 4 rings (SSSR count). The lowest BCUT2D eigenvalue weighted by atomic mass is 10.2. The molecule has 2 heterocycles. The zero-order valence-electron chi connectivity index (χ0n) is 13.2. The molecule has 1 aromatic heterocycles. The minimum Gasteiger partial charge on any atom is -0.486 e. The summed E-state index contributed by atoms with van der Waals surface area (Å²) in [5, 5.41) is 7.03. The Labute approximate surface area is 149 Å². The molecule has 1 aliphatic rings. The fourth-order valence-electron chi connectivity index (χ4n) is 2.45. The lowest BCUT2D eigenvalue weighted by Gasteiger charge is -2.19. The number of rotatable bonds is 4. The van der Waals surface area contributed by atoms with Crippen LogP contribution in [0.15, 0.2) is 54.7 Å². The molecule has 0 unspecified atom stereocenters. The molecule has 0 saturated heterocycles. The van der Waals surface area contributed by atoms with Crippen molar-refractivity contribution < 1.29 is 9.47 Å². The second kappa shape index (κ2) is 6.86. The third-order valence-corrected chi connectivity index (χ3v) is 3.79. The Hall–Kier alpha value is -2.99. The van der Waals surface area contributed by atoms with Crippen molar-refractivity contribution in [1.29, 1.82) is 0 Å². The number of nitrogens with zero attached hydrogens (tertiary/aromatic N) is 2. The molecule has 2 aromatic carbocycles. The molecule has 0 aliphatic carbocycles. The highest BCUT2D eigenvalue weighted by molar-refractivity contribution is 6.30. The smallest absolute Gasteiger partial charge is 0.229 e. The van der Waals surface area contributed by atoms with E-state index in [0.717, 1.165) is 17.1 Å². The summed E-state index contributed by atoms with van der Waals surface area (Å²) >= 11 is 6.00. The number of fused-ring (bicyclic) bond motifs is 1. The third-order valence-electron chi connectivity index (χ3n) is 3.55. The molecule has 0 amide bonds. The Balaban J connectivity index is 1.51. The molecule has 0 spiro atoms. The van der Waals surface area contributed by atoms with E-state index in [1.807, 2.05) is 42.5 Å². The van der Waals surface area contributed by atoms with Crippen molar-refractivity contribution in [2.75, 3.05) is 23.8 Å². The maximum atomic E-state index is 6.00. The summed E-state index contributed by atoms with van der Waals surface area (Å²) in [5.41, 5.74) is 1.68. The quantitative estimate of drug-likeness (QED) is 0.724. The molecule has 0 saturated carbocycles. The van der Waals surface area contributed by atoms with Crippen molar-refractivity contribution in [3.8, 4) is 11.5 Å².